The van der Waals surface area contributed by atoms with Crippen LogP contribution in [0, 0.1) is 11.7 Å². The van der Waals surface area contributed by atoms with Crippen molar-refractivity contribution in [2.45, 2.75) is 32.1 Å². The Bertz CT molecular complexity index is 571. The predicted octanol–water partition coefficient (Wildman–Crippen LogP) is 1.74. The number of carboxylic acids is 1. The van der Waals surface area contributed by atoms with E-state index < -0.39 is 33.6 Å². The number of benzene rings is 1. The Kier molecular flexibility index (Phi) is 5.64. The summed E-state index contributed by atoms with van der Waals surface area (Å²) in [6.07, 6.45) is 0.192. The second-order valence-corrected chi connectivity index (χ2v) is 6.78. The molecule has 1 atom stereocenters. The number of sulfonamides is 1. The minimum absolute atomic E-state index is 0.0352. The number of rotatable bonds is 7. The molecule has 0 unspecified atom stereocenters. The van der Waals surface area contributed by atoms with Crippen LogP contribution >= 0.6 is 0 Å². The monoisotopic (exact) mass is 303 g/mol. The fourth-order valence-corrected chi connectivity index (χ4v) is 3.11. The van der Waals surface area contributed by atoms with Gasteiger partial charge in [-0.25, -0.2) is 17.5 Å². The molecule has 0 amide bonds. The molecule has 112 valence electrons. The van der Waals surface area contributed by atoms with Crippen molar-refractivity contribution >= 4 is 16.0 Å². The summed E-state index contributed by atoms with van der Waals surface area (Å²) in [7, 11) is -3.84. The zero-order chi connectivity index (χ0) is 15.3. The van der Waals surface area contributed by atoms with Gasteiger partial charge in [0.2, 0.25) is 10.0 Å². The van der Waals surface area contributed by atoms with E-state index in [9.17, 15) is 17.6 Å². The second-order valence-electron chi connectivity index (χ2n) is 5.03. The smallest absolute Gasteiger partial charge is 0.321 e. The van der Waals surface area contributed by atoms with E-state index in [4.69, 9.17) is 5.11 Å². The fourth-order valence-electron chi connectivity index (χ4n) is 1.78. The molecule has 2 N–H and O–H groups in total. The van der Waals surface area contributed by atoms with Crippen molar-refractivity contribution in [2.24, 2.45) is 5.92 Å². The number of nitrogens with one attached hydrogen (secondary N) is 1. The Labute approximate surface area is 117 Å². The molecule has 1 rings (SSSR count). The molecule has 0 aromatic heterocycles. The molecule has 7 heteroatoms. The third-order valence-electron chi connectivity index (χ3n) is 2.57. The summed E-state index contributed by atoms with van der Waals surface area (Å²) < 4.78 is 39.0. The minimum Gasteiger partial charge on any atom is -0.480 e. The lowest BCUT2D eigenvalue weighted by atomic mass is 10.1. The van der Waals surface area contributed by atoms with Crippen LogP contribution in [0.2, 0.25) is 0 Å². The van der Waals surface area contributed by atoms with Gasteiger partial charge < -0.3 is 5.11 Å². The van der Waals surface area contributed by atoms with E-state index in [1.54, 1.807) is 13.8 Å². The van der Waals surface area contributed by atoms with Crippen LogP contribution in [0.5, 0.6) is 0 Å². The maximum absolute atomic E-state index is 13.0. The Morgan fingerprint density at radius 2 is 2.05 bits per heavy atom. The van der Waals surface area contributed by atoms with E-state index in [0.29, 0.717) is 0 Å². The van der Waals surface area contributed by atoms with Crippen molar-refractivity contribution in [3.63, 3.8) is 0 Å². The van der Waals surface area contributed by atoms with Gasteiger partial charge in [-0.05, 0) is 30.0 Å². The van der Waals surface area contributed by atoms with Crippen LogP contribution in [0.15, 0.2) is 24.3 Å². The molecule has 1 aromatic rings. The lowest BCUT2D eigenvalue weighted by Crippen LogP contribution is -2.42. The number of aliphatic carboxylic acids is 1. The Balaban J connectivity index is 2.80. The largest absolute Gasteiger partial charge is 0.480 e. The molecule has 0 saturated carbocycles. The number of hydrogen-bond acceptors (Lipinski definition) is 3. The summed E-state index contributed by atoms with van der Waals surface area (Å²) >= 11 is 0. The van der Waals surface area contributed by atoms with Gasteiger partial charge in [-0.3, -0.25) is 4.79 Å². The van der Waals surface area contributed by atoms with Crippen molar-refractivity contribution < 1.29 is 22.7 Å². The van der Waals surface area contributed by atoms with E-state index in [2.05, 4.69) is 4.72 Å². The zero-order valence-electron chi connectivity index (χ0n) is 11.3. The maximum atomic E-state index is 13.0. The number of hydrogen-bond donors (Lipinski definition) is 2. The van der Waals surface area contributed by atoms with Gasteiger partial charge in [0.1, 0.15) is 11.9 Å². The lowest BCUT2D eigenvalue weighted by Gasteiger charge is -2.16. The summed E-state index contributed by atoms with van der Waals surface area (Å²) in [6, 6.07) is 4.03. The topological polar surface area (TPSA) is 83.5 Å². The average Bonchev–Trinajstić information content (AvgIpc) is 2.26. The van der Waals surface area contributed by atoms with Crippen LogP contribution in [0.4, 0.5) is 4.39 Å². The minimum atomic E-state index is -3.84. The van der Waals surface area contributed by atoms with Gasteiger partial charge in [-0.1, -0.05) is 26.0 Å². The van der Waals surface area contributed by atoms with Crippen LogP contribution in [-0.4, -0.2) is 25.5 Å². The molecule has 0 bridgehead atoms. The third kappa shape index (κ3) is 5.66. The van der Waals surface area contributed by atoms with Gasteiger partial charge in [0, 0.05) is 0 Å². The zero-order valence-corrected chi connectivity index (χ0v) is 12.2. The molecule has 0 saturated heterocycles. The molecule has 0 fully saturated rings. The van der Waals surface area contributed by atoms with E-state index in [1.165, 1.54) is 18.2 Å². The van der Waals surface area contributed by atoms with Crippen molar-refractivity contribution in [3.05, 3.63) is 35.6 Å². The van der Waals surface area contributed by atoms with E-state index in [1.807, 2.05) is 0 Å². The van der Waals surface area contributed by atoms with Crippen LogP contribution in [0.25, 0.3) is 0 Å². The number of halogens is 1. The third-order valence-corrected chi connectivity index (χ3v) is 3.93. The van der Waals surface area contributed by atoms with Gasteiger partial charge in [-0.2, -0.15) is 0 Å². The summed E-state index contributed by atoms with van der Waals surface area (Å²) in [5.41, 5.74) is 0.270. The first-order chi connectivity index (χ1) is 9.19. The lowest BCUT2D eigenvalue weighted by molar-refractivity contribution is -0.139. The van der Waals surface area contributed by atoms with Crippen molar-refractivity contribution in [1.29, 1.82) is 0 Å². The second kappa shape index (κ2) is 6.81. The van der Waals surface area contributed by atoms with Crippen molar-refractivity contribution in [3.8, 4) is 0 Å². The first-order valence-corrected chi connectivity index (χ1v) is 7.82. The van der Waals surface area contributed by atoms with Gasteiger partial charge >= 0.3 is 5.97 Å². The Hall–Kier alpha value is -1.47. The highest BCUT2D eigenvalue weighted by Crippen LogP contribution is 2.10. The van der Waals surface area contributed by atoms with E-state index in [0.717, 1.165) is 6.07 Å². The summed E-state index contributed by atoms with van der Waals surface area (Å²) in [5, 5.41) is 9.01. The fraction of sp³-hybridized carbons (Fsp3) is 0.462. The summed E-state index contributed by atoms with van der Waals surface area (Å²) in [6.45, 7) is 3.60. The molecule has 0 spiro atoms. The van der Waals surface area contributed by atoms with Crippen molar-refractivity contribution in [1.82, 2.24) is 4.72 Å². The van der Waals surface area contributed by atoms with Gasteiger partial charge in [0.05, 0.1) is 5.75 Å². The highest BCUT2D eigenvalue weighted by molar-refractivity contribution is 7.88. The van der Waals surface area contributed by atoms with E-state index >= 15 is 0 Å². The van der Waals surface area contributed by atoms with Crippen LogP contribution in [-0.2, 0) is 20.6 Å². The summed E-state index contributed by atoms with van der Waals surface area (Å²) in [4.78, 5) is 11.0. The Morgan fingerprint density at radius 3 is 2.55 bits per heavy atom. The van der Waals surface area contributed by atoms with Crippen LogP contribution in [0.3, 0.4) is 0 Å². The quantitative estimate of drug-likeness (QED) is 0.803. The highest BCUT2D eigenvalue weighted by atomic mass is 32.2. The standard InChI is InChI=1S/C13H18FNO4S/c1-9(2)6-12(13(16)17)15-20(18,19)8-10-4-3-5-11(14)7-10/h3-5,7,9,12,15H,6,8H2,1-2H3,(H,16,17)/t12-/m0/s1. The highest BCUT2D eigenvalue weighted by Gasteiger charge is 2.25. The molecular formula is C13H18FNO4S. The average molecular weight is 303 g/mol. The molecule has 0 aliphatic rings. The molecule has 5 nitrogen and oxygen atoms in total. The van der Waals surface area contributed by atoms with E-state index in [-0.39, 0.29) is 17.9 Å². The summed E-state index contributed by atoms with van der Waals surface area (Å²) in [5.74, 6) is -2.17. The van der Waals surface area contributed by atoms with Crippen LogP contribution in [0.1, 0.15) is 25.8 Å². The molecule has 0 aliphatic carbocycles. The first kappa shape index (κ1) is 16.6. The predicted molar refractivity (Wildman–Crippen MR) is 73.0 cm³/mol. The van der Waals surface area contributed by atoms with Crippen LogP contribution < -0.4 is 4.72 Å². The number of carbonyl (C=O) groups is 1. The van der Waals surface area contributed by atoms with Crippen molar-refractivity contribution in [2.75, 3.05) is 0 Å². The normalized spacial score (nSPS) is 13.4. The Morgan fingerprint density at radius 1 is 1.40 bits per heavy atom. The van der Waals surface area contributed by atoms with Gasteiger partial charge in [0.15, 0.2) is 0 Å². The number of carboxylic acid groups (broad SMARTS) is 1. The SMILES string of the molecule is CC(C)C[C@H](NS(=O)(=O)Cc1cccc(F)c1)C(=O)O. The molecular weight excluding hydrogens is 285 g/mol. The molecule has 0 radical (unpaired) electrons. The molecule has 1 aromatic carbocycles. The van der Waals surface area contributed by atoms with Gasteiger partial charge in [0.25, 0.3) is 0 Å². The first-order valence-electron chi connectivity index (χ1n) is 6.17. The maximum Gasteiger partial charge on any atom is 0.321 e. The molecule has 20 heavy (non-hydrogen) atoms. The molecule has 0 aliphatic heterocycles. The van der Waals surface area contributed by atoms with Gasteiger partial charge in [-0.15, -0.1) is 0 Å². The molecule has 0 heterocycles.